The molecule has 0 amide bonds. The third-order valence-electron chi connectivity index (χ3n) is 2.15. The minimum Gasteiger partial charge on any atom is -0.548 e. The molecule has 1 aromatic carbocycles. The van der Waals surface area contributed by atoms with E-state index in [1.807, 2.05) is 11.6 Å². The number of sulfonamides is 1. The summed E-state index contributed by atoms with van der Waals surface area (Å²) < 4.78 is 25.5. The van der Waals surface area contributed by atoms with E-state index in [1.54, 1.807) is 12.1 Å². The summed E-state index contributed by atoms with van der Waals surface area (Å²) in [6.45, 7) is 1.45. The molecular formula is C10H13N2NaO4S. The van der Waals surface area contributed by atoms with Gasteiger partial charge >= 0.3 is 29.6 Å². The van der Waals surface area contributed by atoms with Gasteiger partial charge in [0.15, 0.2) is 0 Å². The average molecular weight is 280 g/mol. The number of aryl methyl sites for hydroxylation is 1. The summed E-state index contributed by atoms with van der Waals surface area (Å²) in [5.74, 6) is -1.55. The van der Waals surface area contributed by atoms with E-state index in [0.717, 1.165) is 5.56 Å². The number of benzene rings is 1. The van der Waals surface area contributed by atoms with Gasteiger partial charge in [-0.3, -0.25) is 0 Å². The van der Waals surface area contributed by atoms with E-state index in [2.05, 4.69) is 0 Å². The van der Waals surface area contributed by atoms with Crippen molar-refractivity contribution in [2.75, 3.05) is 6.54 Å². The van der Waals surface area contributed by atoms with Crippen LogP contribution in [0.5, 0.6) is 0 Å². The first kappa shape index (κ1) is 17.6. The van der Waals surface area contributed by atoms with Gasteiger partial charge in [0.05, 0.1) is 16.9 Å². The number of aliphatic carboxylic acids is 1. The van der Waals surface area contributed by atoms with Crippen molar-refractivity contribution in [3.63, 3.8) is 0 Å². The molecule has 6 nitrogen and oxygen atoms in total. The van der Waals surface area contributed by atoms with Gasteiger partial charge in [-0.2, -0.15) is 0 Å². The maximum atomic E-state index is 11.8. The van der Waals surface area contributed by atoms with Crippen LogP contribution in [0, 0.1) is 6.92 Å². The van der Waals surface area contributed by atoms with E-state index in [4.69, 9.17) is 5.73 Å². The van der Waals surface area contributed by atoms with Crippen LogP contribution in [-0.4, -0.2) is 27.0 Å². The van der Waals surface area contributed by atoms with Crippen LogP contribution in [-0.2, 0) is 14.8 Å². The average Bonchev–Trinajstić information content (AvgIpc) is 2.26. The van der Waals surface area contributed by atoms with Crippen LogP contribution in [0.25, 0.3) is 0 Å². The molecule has 18 heavy (non-hydrogen) atoms. The zero-order valence-corrected chi connectivity index (χ0v) is 13.0. The van der Waals surface area contributed by atoms with Crippen molar-refractivity contribution < 1.29 is 47.9 Å². The number of nitrogens with one attached hydrogen (secondary N) is 1. The number of hydrogen-bond donors (Lipinski definition) is 2. The number of carboxylic acid groups (broad SMARTS) is 1. The minimum absolute atomic E-state index is 0. The molecule has 0 aromatic heterocycles. The van der Waals surface area contributed by atoms with Crippen molar-refractivity contribution in [3.8, 4) is 0 Å². The van der Waals surface area contributed by atoms with E-state index < -0.39 is 22.0 Å². The zero-order valence-electron chi connectivity index (χ0n) is 10.2. The van der Waals surface area contributed by atoms with Gasteiger partial charge in [-0.1, -0.05) is 17.7 Å². The van der Waals surface area contributed by atoms with Crippen molar-refractivity contribution in [1.29, 1.82) is 0 Å². The maximum absolute atomic E-state index is 11.8. The Hall–Kier alpha value is -0.440. The largest absolute Gasteiger partial charge is 1.00 e. The van der Waals surface area contributed by atoms with Gasteiger partial charge in [-0.25, -0.2) is 13.1 Å². The smallest absolute Gasteiger partial charge is 0.548 e. The van der Waals surface area contributed by atoms with E-state index in [9.17, 15) is 18.3 Å². The zero-order chi connectivity index (χ0) is 13.1. The Balaban J connectivity index is 0.00000289. The predicted octanol–water partition coefficient (Wildman–Crippen LogP) is -4.65. The molecule has 0 bridgehead atoms. The molecule has 0 fully saturated rings. The molecule has 1 atom stereocenters. The van der Waals surface area contributed by atoms with Crippen molar-refractivity contribution in [3.05, 3.63) is 29.8 Å². The van der Waals surface area contributed by atoms with Gasteiger partial charge in [-0.15, -0.1) is 0 Å². The normalized spacial score (nSPS) is 12.6. The molecule has 3 N–H and O–H groups in total. The molecule has 1 rings (SSSR count). The van der Waals surface area contributed by atoms with Crippen LogP contribution in [0.1, 0.15) is 5.56 Å². The summed E-state index contributed by atoms with van der Waals surface area (Å²) in [6.07, 6.45) is 0. The van der Waals surface area contributed by atoms with Gasteiger partial charge < -0.3 is 15.6 Å². The van der Waals surface area contributed by atoms with Crippen LogP contribution in [0.15, 0.2) is 29.2 Å². The maximum Gasteiger partial charge on any atom is 1.00 e. The molecule has 0 unspecified atom stereocenters. The monoisotopic (exact) mass is 280 g/mol. The minimum atomic E-state index is -3.88. The molecule has 0 aliphatic heterocycles. The van der Waals surface area contributed by atoms with Gasteiger partial charge in [0.2, 0.25) is 10.0 Å². The summed E-state index contributed by atoms with van der Waals surface area (Å²) in [5.41, 5.74) is 6.04. The Morgan fingerprint density at radius 3 is 2.28 bits per heavy atom. The second-order valence-electron chi connectivity index (χ2n) is 3.54. The standard InChI is InChI=1S/C10H14N2O4S.Na/c1-7-2-4-8(5-3-7)17(15,16)12-9(6-11)10(13)14;/h2-5,9,12H,6,11H2,1H3,(H,13,14);/q;+1/p-1/t9-;/m0./s1. The summed E-state index contributed by atoms with van der Waals surface area (Å²) in [7, 11) is -3.88. The van der Waals surface area contributed by atoms with Crippen molar-refractivity contribution >= 4 is 16.0 Å². The van der Waals surface area contributed by atoms with Gasteiger partial charge in [-0.05, 0) is 19.1 Å². The fourth-order valence-electron chi connectivity index (χ4n) is 1.17. The predicted molar refractivity (Wildman–Crippen MR) is 59.3 cm³/mol. The second-order valence-corrected chi connectivity index (χ2v) is 5.26. The summed E-state index contributed by atoms with van der Waals surface area (Å²) in [4.78, 5) is 10.6. The molecule has 0 spiro atoms. The number of rotatable bonds is 5. The molecule has 0 heterocycles. The van der Waals surface area contributed by atoms with E-state index in [-0.39, 0.29) is 41.0 Å². The summed E-state index contributed by atoms with van der Waals surface area (Å²) >= 11 is 0. The Bertz CT molecular complexity index is 501. The van der Waals surface area contributed by atoms with Crippen LogP contribution in [0.3, 0.4) is 0 Å². The molecule has 94 valence electrons. The molecule has 1 aromatic rings. The summed E-state index contributed by atoms with van der Waals surface area (Å²) in [6, 6.07) is 4.58. The topological polar surface area (TPSA) is 112 Å². The quantitative estimate of drug-likeness (QED) is 0.527. The fourth-order valence-corrected chi connectivity index (χ4v) is 2.36. The number of carboxylic acids is 1. The molecule has 8 heteroatoms. The van der Waals surface area contributed by atoms with Gasteiger partial charge in [0.25, 0.3) is 0 Å². The van der Waals surface area contributed by atoms with Gasteiger partial charge in [0, 0.05) is 6.54 Å². The van der Waals surface area contributed by atoms with Crippen molar-refractivity contribution in [1.82, 2.24) is 4.72 Å². The van der Waals surface area contributed by atoms with Crippen molar-refractivity contribution in [2.24, 2.45) is 5.73 Å². The molecule has 0 saturated heterocycles. The number of carbonyl (C=O) groups is 1. The van der Waals surface area contributed by atoms with Crippen LogP contribution < -0.4 is 45.1 Å². The number of carbonyl (C=O) groups excluding carboxylic acids is 1. The molecule has 0 radical (unpaired) electrons. The van der Waals surface area contributed by atoms with Crippen molar-refractivity contribution in [2.45, 2.75) is 17.9 Å². The molecular weight excluding hydrogens is 267 g/mol. The summed E-state index contributed by atoms with van der Waals surface area (Å²) in [5, 5.41) is 10.6. The van der Waals surface area contributed by atoms with Crippen LogP contribution in [0.4, 0.5) is 0 Å². The fraction of sp³-hybridized carbons (Fsp3) is 0.300. The van der Waals surface area contributed by atoms with Gasteiger partial charge in [0.1, 0.15) is 0 Å². The Labute approximate surface area is 128 Å². The molecule has 0 saturated carbocycles. The van der Waals surface area contributed by atoms with Crippen LogP contribution >= 0.6 is 0 Å². The molecule has 0 aliphatic rings. The Morgan fingerprint density at radius 1 is 1.39 bits per heavy atom. The first-order valence-corrected chi connectivity index (χ1v) is 6.35. The first-order chi connectivity index (χ1) is 7.86. The Kier molecular flexibility index (Phi) is 7.05. The second kappa shape index (κ2) is 7.22. The number of hydrogen-bond acceptors (Lipinski definition) is 5. The van der Waals surface area contributed by atoms with E-state index in [0.29, 0.717) is 0 Å². The van der Waals surface area contributed by atoms with Crippen LogP contribution in [0.2, 0.25) is 0 Å². The van der Waals surface area contributed by atoms with E-state index >= 15 is 0 Å². The third-order valence-corrected chi connectivity index (χ3v) is 3.64. The first-order valence-electron chi connectivity index (χ1n) is 4.87. The van der Waals surface area contributed by atoms with E-state index in [1.165, 1.54) is 12.1 Å². The third kappa shape index (κ3) is 4.68. The molecule has 0 aliphatic carbocycles. The SMILES string of the molecule is Cc1ccc(S(=O)(=O)N[C@@H](CN)C(=O)[O-])cc1.[Na+]. The Morgan fingerprint density at radius 2 is 1.89 bits per heavy atom. The number of nitrogens with two attached hydrogens (primary N) is 1.